The fourth-order valence-electron chi connectivity index (χ4n) is 4.69. The van der Waals surface area contributed by atoms with Crippen LogP contribution in [0, 0.1) is 6.92 Å². The molecule has 9 nitrogen and oxygen atoms in total. The van der Waals surface area contributed by atoms with Gasteiger partial charge in [-0.15, -0.1) is 0 Å². The Hall–Kier alpha value is -3.98. The van der Waals surface area contributed by atoms with Gasteiger partial charge in [-0.1, -0.05) is 18.2 Å². The van der Waals surface area contributed by atoms with Crippen molar-refractivity contribution in [3.8, 4) is 11.1 Å². The van der Waals surface area contributed by atoms with Crippen LogP contribution in [0.15, 0.2) is 55.0 Å². The number of nitrogens with zero attached hydrogens (tertiary/aromatic N) is 4. The first-order valence-electron chi connectivity index (χ1n) is 12.9. The number of anilines is 2. The lowest BCUT2D eigenvalue weighted by molar-refractivity contribution is 0.0903. The van der Waals surface area contributed by atoms with Crippen molar-refractivity contribution >= 4 is 23.2 Å². The molecule has 37 heavy (non-hydrogen) atoms. The minimum absolute atomic E-state index is 0. The van der Waals surface area contributed by atoms with Gasteiger partial charge in [-0.3, -0.25) is 9.78 Å². The quantitative estimate of drug-likeness (QED) is 0.329. The molecule has 3 aromatic heterocycles. The molecule has 0 radical (unpaired) electrons. The third kappa shape index (κ3) is 5.27. The van der Waals surface area contributed by atoms with Crippen LogP contribution in [0.3, 0.4) is 0 Å². The van der Waals surface area contributed by atoms with Crippen LogP contribution in [0.1, 0.15) is 48.6 Å². The van der Waals surface area contributed by atoms with Crippen LogP contribution in [-0.2, 0) is 11.3 Å². The molecular weight excluding hydrogens is 466 g/mol. The van der Waals surface area contributed by atoms with E-state index in [2.05, 4.69) is 26.0 Å². The summed E-state index contributed by atoms with van der Waals surface area (Å²) >= 11 is 0. The van der Waals surface area contributed by atoms with E-state index in [-0.39, 0.29) is 7.33 Å². The number of aryl methyl sites for hydroxylation is 1. The summed E-state index contributed by atoms with van der Waals surface area (Å²) in [5, 5.41) is 14.9. The Kier molecular flexibility index (Phi) is 6.44. The number of amides is 1. The standard InChI is InChI=1S/C28H31N7O2.H2/c1-18-13-20(4-7-23(18)28(36)33-21-5-6-21)24-17-31-35-26(30-16-19-3-2-10-29-15-19)14-25(34-27(24)35)32-22-8-11-37-12-9-22;/h2-4,7,10,13-15,17,21-22,30H,5-6,8-9,11-12,16H2,1H3,(H,32,34)(H,33,36);1H. The molecule has 0 atom stereocenters. The molecule has 2 fully saturated rings. The van der Waals surface area contributed by atoms with E-state index in [0.717, 1.165) is 78.4 Å². The van der Waals surface area contributed by atoms with Gasteiger partial charge in [0.1, 0.15) is 11.6 Å². The number of rotatable bonds is 8. The summed E-state index contributed by atoms with van der Waals surface area (Å²) in [7, 11) is 0. The van der Waals surface area contributed by atoms with Gasteiger partial charge in [-0.05, 0) is 61.4 Å². The Morgan fingerprint density at radius 1 is 1.11 bits per heavy atom. The number of ether oxygens (including phenoxy) is 1. The predicted octanol–water partition coefficient (Wildman–Crippen LogP) is 4.44. The van der Waals surface area contributed by atoms with Gasteiger partial charge < -0.3 is 20.7 Å². The molecule has 1 aromatic carbocycles. The van der Waals surface area contributed by atoms with Crippen molar-refractivity contribution in [1.29, 1.82) is 0 Å². The van der Waals surface area contributed by atoms with Gasteiger partial charge in [0.25, 0.3) is 5.91 Å². The Balaban J connectivity index is 0.00000294. The minimum Gasteiger partial charge on any atom is -0.381 e. The molecule has 0 spiro atoms. The number of carbonyl (C=O) groups is 1. The van der Waals surface area contributed by atoms with E-state index in [4.69, 9.17) is 9.72 Å². The van der Waals surface area contributed by atoms with Gasteiger partial charge in [0.05, 0.1) is 6.20 Å². The summed E-state index contributed by atoms with van der Waals surface area (Å²) in [6, 6.07) is 12.5. The topological polar surface area (TPSA) is 105 Å². The Labute approximate surface area is 217 Å². The van der Waals surface area contributed by atoms with Crippen molar-refractivity contribution in [2.75, 3.05) is 23.8 Å². The monoisotopic (exact) mass is 499 g/mol. The first-order valence-corrected chi connectivity index (χ1v) is 12.9. The van der Waals surface area contributed by atoms with Crippen molar-refractivity contribution < 1.29 is 11.0 Å². The van der Waals surface area contributed by atoms with E-state index in [1.165, 1.54) is 0 Å². The molecule has 9 heteroatoms. The van der Waals surface area contributed by atoms with Crippen LogP contribution < -0.4 is 16.0 Å². The second-order valence-corrected chi connectivity index (χ2v) is 9.84. The smallest absolute Gasteiger partial charge is 0.251 e. The molecule has 192 valence electrons. The van der Waals surface area contributed by atoms with Crippen molar-refractivity contribution in [2.45, 2.75) is 51.2 Å². The molecule has 6 rings (SSSR count). The zero-order valence-electron chi connectivity index (χ0n) is 20.9. The zero-order valence-corrected chi connectivity index (χ0v) is 20.9. The lowest BCUT2D eigenvalue weighted by Crippen LogP contribution is -2.28. The number of fused-ring (bicyclic) bond motifs is 1. The number of hydrogen-bond donors (Lipinski definition) is 3. The molecule has 1 aliphatic heterocycles. The Bertz CT molecular complexity index is 1420. The van der Waals surface area contributed by atoms with Crippen LogP contribution in [0.2, 0.25) is 0 Å². The highest BCUT2D eigenvalue weighted by Crippen LogP contribution is 2.30. The Morgan fingerprint density at radius 2 is 1.97 bits per heavy atom. The van der Waals surface area contributed by atoms with Gasteiger partial charge in [0.15, 0.2) is 5.65 Å². The van der Waals surface area contributed by atoms with Crippen molar-refractivity contribution in [3.63, 3.8) is 0 Å². The summed E-state index contributed by atoms with van der Waals surface area (Å²) in [5.74, 6) is 1.63. The lowest BCUT2D eigenvalue weighted by atomic mass is 10.0. The average Bonchev–Trinajstić information content (AvgIpc) is 3.63. The van der Waals surface area contributed by atoms with Crippen LogP contribution in [0.4, 0.5) is 11.6 Å². The van der Waals surface area contributed by atoms with Crippen LogP contribution in [0.5, 0.6) is 0 Å². The van der Waals surface area contributed by atoms with Crippen molar-refractivity contribution in [1.82, 2.24) is 24.9 Å². The zero-order chi connectivity index (χ0) is 25.2. The SMILES string of the molecule is Cc1cc(-c2cnn3c(NCc4cccnc4)cc(NC4CCOCC4)nc23)ccc1C(=O)NC1CC1.[HH]. The highest BCUT2D eigenvalue weighted by molar-refractivity contribution is 5.97. The van der Waals surface area contributed by atoms with Gasteiger partial charge in [0.2, 0.25) is 0 Å². The number of pyridine rings is 1. The highest BCUT2D eigenvalue weighted by Gasteiger charge is 2.25. The van der Waals surface area contributed by atoms with Crippen LogP contribution >= 0.6 is 0 Å². The second kappa shape index (κ2) is 10.2. The normalized spacial score (nSPS) is 16.0. The lowest BCUT2D eigenvalue weighted by Gasteiger charge is -2.24. The largest absolute Gasteiger partial charge is 0.381 e. The maximum absolute atomic E-state index is 12.6. The average molecular weight is 500 g/mol. The summed E-state index contributed by atoms with van der Waals surface area (Å²) in [6.07, 6.45) is 9.49. The van der Waals surface area contributed by atoms with E-state index in [1.807, 2.05) is 60.2 Å². The minimum atomic E-state index is -0.00521. The van der Waals surface area contributed by atoms with E-state index in [1.54, 1.807) is 6.20 Å². The van der Waals surface area contributed by atoms with Crippen molar-refractivity contribution in [3.05, 3.63) is 71.7 Å². The van der Waals surface area contributed by atoms with Crippen LogP contribution in [-0.4, -0.2) is 50.8 Å². The van der Waals surface area contributed by atoms with Crippen LogP contribution in [0.25, 0.3) is 16.8 Å². The van der Waals surface area contributed by atoms with E-state index in [9.17, 15) is 4.79 Å². The number of aromatic nitrogens is 4. The van der Waals surface area contributed by atoms with Gasteiger partial charge >= 0.3 is 0 Å². The fourth-order valence-corrected chi connectivity index (χ4v) is 4.69. The molecule has 4 heterocycles. The van der Waals surface area contributed by atoms with Gasteiger partial charge in [-0.2, -0.15) is 9.61 Å². The van der Waals surface area contributed by atoms with Crippen molar-refractivity contribution in [2.24, 2.45) is 0 Å². The van der Waals surface area contributed by atoms with E-state index >= 15 is 0 Å². The molecule has 0 unspecified atom stereocenters. The number of carbonyl (C=O) groups excluding carboxylic acids is 1. The molecule has 3 N–H and O–H groups in total. The summed E-state index contributed by atoms with van der Waals surface area (Å²) in [6.45, 7) is 4.10. The summed E-state index contributed by atoms with van der Waals surface area (Å²) in [4.78, 5) is 21.8. The first kappa shape index (κ1) is 23.4. The molecule has 4 aromatic rings. The molecule has 1 saturated heterocycles. The third-order valence-electron chi connectivity index (χ3n) is 6.94. The molecular formula is C28H33N7O2. The number of nitrogens with one attached hydrogen (secondary N) is 3. The first-order chi connectivity index (χ1) is 18.1. The Morgan fingerprint density at radius 3 is 2.73 bits per heavy atom. The third-order valence-corrected chi connectivity index (χ3v) is 6.94. The molecule has 2 aliphatic rings. The summed E-state index contributed by atoms with van der Waals surface area (Å²) in [5.41, 5.74) is 5.36. The van der Waals surface area contributed by atoms with Gasteiger partial charge in [0, 0.05) is 62.9 Å². The number of hydrogen-bond acceptors (Lipinski definition) is 7. The highest BCUT2D eigenvalue weighted by atomic mass is 16.5. The summed E-state index contributed by atoms with van der Waals surface area (Å²) < 4.78 is 7.36. The molecule has 1 amide bonds. The van der Waals surface area contributed by atoms with E-state index < -0.39 is 0 Å². The maximum atomic E-state index is 12.6. The molecule has 0 bridgehead atoms. The predicted molar refractivity (Wildman–Crippen MR) is 145 cm³/mol. The maximum Gasteiger partial charge on any atom is 0.251 e. The fraction of sp³-hybridized carbons (Fsp3) is 0.357. The second-order valence-electron chi connectivity index (χ2n) is 9.84. The van der Waals surface area contributed by atoms with E-state index in [0.29, 0.717) is 24.2 Å². The molecule has 1 saturated carbocycles. The molecule has 1 aliphatic carbocycles. The number of benzene rings is 1. The van der Waals surface area contributed by atoms with Gasteiger partial charge in [-0.25, -0.2) is 4.98 Å².